The Morgan fingerprint density at radius 2 is 1.74 bits per heavy atom. The third-order valence-electron chi connectivity index (χ3n) is 3.05. The zero-order valence-electron chi connectivity index (χ0n) is 11.0. The molecule has 2 rings (SSSR count). The number of aliphatic hydroxyl groups is 1. The van der Waals surface area contributed by atoms with Gasteiger partial charge in [0.05, 0.1) is 13.2 Å². The number of hydrogen-bond acceptors (Lipinski definition) is 3. The van der Waals surface area contributed by atoms with Gasteiger partial charge in [0.15, 0.2) is 0 Å². The Morgan fingerprint density at radius 3 is 2.32 bits per heavy atom. The van der Waals surface area contributed by atoms with Crippen LogP contribution in [0.3, 0.4) is 0 Å². The van der Waals surface area contributed by atoms with Crippen LogP contribution in [-0.2, 0) is 0 Å². The maximum atomic E-state index is 9.20. The molecule has 0 aliphatic heterocycles. The van der Waals surface area contributed by atoms with Gasteiger partial charge in [0.25, 0.3) is 0 Å². The molecule has 0 aliphatic carbocycles. The first-order valence-electron chi connectivity index (χ1n) is 6.40. The van der Waals surface area contributed by atoms with Crippen LogP contribution in [0.2, 0.25) is 0 Å². The summed E-state index contributed by atoms with van der Waals surface area (Å²) in [5, 5.41) is 12.6. The van der Waals surface area contributed by atoms with Crippen molar-refractivity contribution in [1.82, 2.24) is 0 Å². The summed E-state index contributed by atoms with van der Waals surface area (Å²) in [6.45, 7) is 0.155. The van der Waals surface area contributed by atoms with Crippen LogP contribution in [-0.4, -0.2) is 18.8 Å². The van der Waals surface area contributed by atoms with Gasteiger partial charge >= 0.3 is 0 Å². The highest BCUT2D eigenvalue weighted by molar-refractivity contribution is 5.48. The number of benzene rings is 2. The lowest BCUT2D eigenvalue weighted by atomic mass is 10.0. The van der Waals surface area contributed by atoms with Crippen molar-refractivity contribution in [2.75, 3.05) is 19.0 Å². The third-order valence-corrected chi connectivity index (χ3v) is 3.05. The molecule has 0 aliphatic rings. The Kier molecular flexibility index (Phi) is 4.81. The first-order chi connectivity index (χ1) is 9.33. The molecule has 0 fully saturated rings. The SMILES string of the molecule is COc1ccc(NC(CCO)c2ccccc2)cc1. The number of methoxy groups -OCH3 is 1. The number of aliphatic hydroxyl groups excluding tert-OH is 1. The Hall–Kier alpha value is -2.00. The Labute approximate surface area is 113 Å². The summed E-state index contributed by atoms with van der Waals surface area (Å²) in [5.74, 6) is 0.837. The van der Waals surface area contributed by atoms with Gasteiger partial charge in [0, 0.05) is 12.3 Å². The molecule has 0 radical (unpaired) electrons. The van der Waals surface area contributed by atoms with Gasteiger partial charge in [0.1, 0.15) is 5.75 Å². The molecule has 1 unspecified atom stereocenters. The van der Waals surface area contributed by atoms with Gasteiger partial charge in [-0.15, -0.1) is 0 Å². The maximum Gasteiger partial charge on any atom is 0.119 e. The van der Waals surface area contributed by atoms with Gasteiger partial charge in [-0.25, -0.2) is 0 Å². The van der Waals surface area contributed by atoms with Crippen LogP contribution in [0.5, 0.6) is 5.75 Å². The average Bonchev–Trinajstić information content (AvgIpc) is 2.48. The normalized spacial score (nSPS) is 11.9. The smallest absolute Gasteiger partial charge is 0.119 e. The summed E-state index contributed by atoms with van der Waals surface area (Å²) in [6, 6.07) is 18.1. The highest BCUT2D eigenvalue weighted by Gasteiger charge is 2.10. The minimum atomic E-state index is 0.111. The van der Waals surface area contributed by atoms with Crippen LogP contribution < -0.4 is 10.1 Å². The Morgan fingerprint density at radius 1 is 1.05 bits per heavy atom. The predicted octanol–water partition coefficient (Wildman–Crippen LogP) is 3.23. The van der Waals surface area contributed by atoms with E-state index < -0.39 is 0 Å². The quantitative estimate of drug-likeness (QED) is 0.834. The average molecular weight is 257 g/mol. The minimum absolute atomic E-state index is 0.111. The van der Waals surface area contributed by atoms with Crippen LogP contribution in [0, 0.1) is 0 Å². The summed E-state index contributed by atoms with van der Waals surface area (Å²) in [4.78, 5) is 0. The second kappa shape index (κ2) is 6.81. The van der Waals surface area contributed by atoms with E-state index in [-0.39, 0.29) is 12.6 Å². The Bertz CT molecular complexity index is 482. The predicted molar refractivity (Wildman–Crippen MR) is 77.5 cm³/mol. The van der Waals surface area contributed by atoms with Gasteiger partial charge < -0.3 is 15.2 Å². The van der Waals surface area contributed by atoms with Crippen LogP contribution in [0.4, 0.5) is 5.69 Å². The van der Waals surface area contributed by atoms with Crippen molar-refractivity contribution in [3.05, 3.63) is 60.2 Å². The molecule has 3 heteroatoms. The van der Waals surface area contributed by atoms with E-state index in [2.05, 4.69) is 17.4 Å². The molecule has 0 bridgehead atoms. The van der Waals surface area contributed by atoms with Crippen LogP contribution in [0.1, 0.15) is 18.0 Å². The van der Waals surface area contributed by atoms with E-state index in [9.17, 15) is 5.11 Å². The van der Waals surface area contributed by atoms with Gasteiger partial charge in [-0.2, -0.15) is 0 Å². The maximum absolute atomic E-state index is 9.20. The third kappa shape index (κ3) is 3.73. The fraction of sp³-hybridized carbons (Fsp3) is 0.250. The molecule has 1 atom stereocenters. The zero-order valence-corrected chi connectivity index (χ0v) is 11.0. The first-order valence-corrected chi connectivity index (χ1v) is 6.40. The molecule has 0 heterocycles. The fourth-order valence-corrected chi connectivity index (χ4v) is 2.03. The van der Waals surface area contributed by atoms with Crippen molar-refractivity contribution >= 4 is 5.69 Å². The molecular formula is C16H19NO2. The minimum Gasteiger partial charge on any atom is -0.497 e. The van der Waals surface area contributed by atoms with Gasteiger partial charge in [-0.05, 0) is 36.2 Å². The molecule has 0 spiro atoms. The molecule has 19 heavy (non-hydrogen) atoms. The molecule has 0 saturated carbocycles. The standard InChI is InChI=1S/C16H19NO2/c1-19-15-9-7-14(8-10-15)17-16(11-12-18)13-5-3-2-4-6-13/h2-10,16-18H,11-12H2,1H3. The lowest BCUT2D eigenvalue weighted by molar-refractivity contribution is 0.280. The van der Waals surface area contributed by atoms with E-state index in [1.165, 1.54) is 5.56 Å². The van der Waals surface area contributed by atoms with Crippen molar-refractivity contribution in [1.29, 1.82) is 0 Å². The second-order valence-electron chi connectivity index (χ2n) is 4.35. The summed E-state index contributed by atoms with van der Waals surface area (Å²) < 4.78 is 5.14. The molecule has 2 aromatic carbocycles. The number of rotatable bonds is 6. The van der Waals surface area contributed by atoms with E-state index in [1.54, 1.807) is 7.11 Å². The van der Waals surface area contributed by atoms with Crippen molar-refractivity contribution < 1.29 is 9.84 Å². The monoisotopic (exact) mass is 257 g/mol. The molecule has 2 N–H and O–H groups in total. The fourth-order valence-electron chi connectivity index (χ4n) is 2.03. The Balaban J connectivity index is 2.11. The van der Waals surface area contributed by atoms with Gasteiger partial charge in [0.2, 0.25) is 0 Å². The summed E-state index contributed by atoms with van der Waals surface area (Å²) >= 11 is 0. The molecule has 0 saturated heterocycles. The van der Waals surface area contributed by atoms with Crippen molar-refractivity contribution in [2.45, 2.75) is 12.5 Å². The van der Waals surface area contributed by atoms with Crippen molar-refractivity contribution in [2.24, 2.45) is 0 Å². The lowest BCUT2D eigenvalue weighted by Gasteiger charge is -2.19. The number of ether oxygens (including phenoxy) is 1. The largest absolute Gasteiger partial charge is 0.497 e. The van der Waals surface area contributed by atoms with E-state index >= 15 is 0 Å². The van der Waals surface area contributed by atoms with Crippen LogP contribution in [0.25, 0.3) is 0 Å². The summed E-state index contributed by atoms with van der Waals surface area (Å²) in [7, 11) is 1.65. The molecule has 2 aromatic rings. The molecular weight excluding hydrogens is 238 g/mol. The first kappa shape index (κ1) is 13.4. The second-order valence-corrected chi connectivity index (χ2v) is 4.35. The molecule has 100 valence electrons. The topological polar surface area (TPSA) is 41.5 Å². The zero-order chi connectivity index (χ0) is 13.5. The van der Waals surface area contributed by atoms with Crippen LogP contribution in [0.15, 0.2) is 54.6 Å². The van der Waals surface area contributed by atoms with E-state index in [0.29, 0.717) is 6.42 Å². The molecule has 0 aromatic heterocycles. The summed E-state index contributed by atoms with van der Waals surface area (Å²) in [6.07, 6.45) is 0.677. The van der Waals surface area contributed by atoms with Gasteiger partial charge in [-0.1, -0.05) is 30.3 Å². The lowest BCUT2D eigenvalue weighted by Crippen LogP contribution is -2.12. The summed E-state index contributed by atoms with van der Waals surface area (Å²) in [5.41, 5.74) is 2.19. The highest BCUT2D eigenvalue weighted by Crippen LogP contribution is 2.23. The molecule has 3 nitrogen and oxygen atoms in total. The molecule has 0 amide bonds. The number of hydrogen-bond donors (Lipinski definition) is 2. The van der Waals surface area contributed by atoms with Gasteiger partial charge in [-0.3, -0.25) is 0 Å². The van der Waals surface area contributed by atoms with Crippen molar-refractivity contribution in [3.8, 4) is 5.75 Å². The van der Waals surface area contributed by atoms with E-state index in [4.69, 9.17) is 4.74 Å². The number of nitrogens with one attached hydrogen (secondary N) is 1. The van der Waals surface area contributed by atoms with Crippen molar-refractivity contribution in [3.63, 3.8) is 0 Å². The van der Waals surface area contributed by atoms with E-state index in [0.717, 1.165) is 11.4 Å². The van der Waals surface area contributed by atoms with Crippen LogP contribution >= 0.6 is 0 Å². The van der Waals surface area contributed by atoms with E-state index in [1.807, 2.05) is 42.5 Å². The number of anilines is 1. The highest BCUT2D eigenvalue weighted by atomic mass is 16.5.